The fourth-order valence-corrected chi connectivity index (χ4v) is 4.21. The zero-order chi connectivity index (χ0) is 18.8. The number of carbonyl (C=O) groups excluding carboxylic acids is 1. The Labute approximate surface area is 179 Å². The minimum atomic E-state index is -0.00481. The minimum Gasteiger partial charge on any atom is -0.354 e. The summed E-state index contributed by atoms with van der Waals surface area (Å²) in [6.07, 6.45) is 1.63. The molecule has 0 bridgehead atoms. The number of fused-ring (bicyclic) bond motifs is 1. The zero-order valence-corrected chi connectivity index (χ0v) is 17.7. The summed E-state index contributed by atoms with van der Waals surface area (Å²) in [6.45, 7) is 3.43. The first kappa shape index (κ1) is 20.7. The third-order valence-electron chi connectivity index (χ3n) is 4.49. The minimum absolute atomic E-state index is 0. The third kappa shape index (κ3) is 4.35. The molecular formula is C20H20Cl2N4OS. The molecule has 2 aromatic heterocycles. The van der Waals surface area contributed by atoms with Crippen molar-refractivity contribution in [2.75, 3.05) is 29.9 Å². The largest absolute Gasteiger partial charge is 0.354 e. The van der Waals surface area contributed by atoms with Crippen molar-refractivity contribution < 1.29 is 4.79 Å². The maximum atomic E-state index is 13.2. The Hall–Kier alpha value is -2.02. The van der Waals surface area contributed by atoms with Gasteiger partial charge in [0.25, 0.3) is 5.91 Å². The van der Waals surface area contributed by atoms with Crippen LogP contribution in [0.4, 0.5) is 11.4 Å². The molecule has 4 rings (SSSR count). The SMILES string of the molecule is Cc1ccc2c(Nc3cccc(Cl)c3)c(C(=O)N3CCSCC3)cnc2n1.Cl. The molecule has 3 heterocycles. The van der Waals surface area contributed by atoms with Crippen LogP contribution >= 0.6 is 35.8 Å². The second-order valence-corrected chi connectivity index (χ2v) is 8.07. The number of hydrogen-bond acceptors (Lipinski definition) is 5. The fourth-order valence-electron chi connectivity index (χ4n) is 3.12. The normalized spacial score (nSPS) is 13.9. The standard InChI is InChI=1S/C20H19ClN4OS.ClH/c1-13-5-6-16-18(24-15-4-2-3-14(21)11-15)17(12-22-19(16)23-13)20(26)25-7-9-27-10-8-25;/h2-6,11-12H,7-10H2,1H3,(H,22,23,24);1H. The van der Waals surface area contributed by atoms with Gasteiger partial charge in [-0.15, -0.1) is 12.4 Å². The molecule has 3 aromatic rings. The second kappa shape index (κ2) is 8.99. The van der Waals surface area contributed by atoms with Crippen molar-refractivity contribution in [2.45, 2.75) is 6.92 Å². The van der Waals surface area contributed by atoms with Gasteiger partial charge in [0.05, 0.1) is 11.3 Å². The van der Waals surface area contributed by atoms with E-state index in [9.17, 15) is 4.79 Å². The predicted octanol–water partition coefficient (Wildman–Crippen LogP) is 4.95. The van der Waals surface area contributed by atoms with E-state index in [1.54, 1.807) is 6.20 Å². The van der Waals surface area contributed by atoms with Crippen LogP contribution in [0.25, 0.3) is 11.0 Å². The van der Waals surface area contributed by atoms with Gasteiger partial charge in [-0.25, -0.2) is 9.97 Å². The van der Waals surface area contributed by atoms with Crippen molar-refractivity contribution in [2.24, 2.45) is 0 Å². The van der Waals surface area contributed by atoms with Crippen molar-refractivity contribution >= 4 is 64.1 Å². The molecule has 1 aliphatic rings. The molecule has 1 aliphatic heterocycles. The van der Waals surface area contributed by atoms with Crippen LogP contribution < -0.4 is 5.32 Å². The number of benzene rings is 1. The summed E-state index contributed by atoms with van der Waals surface area (Å²) in [5.74, 6) is 1.92. The molecule has 0 spiro atoms. The van der Waals surface area contributed by atoms with Crippen molar-refractivity contribution in [1.82, 2.24) is 14.9 Å². The molecule has 1 aromatic carbocycles. The van der Waals surface area contributed by atoms with E-state index >= 15 is 0 Å². The summed E-state index contributed by atoms with van der Waals surface area (Å²) in [7, 11) is 0. The summed E-state index contributed by atoms with van der Waals surface area (Å²) in [6, 6.07) is 11.3. The number of carbonyl (C=O) groups is 1. The topological polar surface area (TPSA) is 58.1 Å². The molecule has 28 heavy (non-hydrogen) atoms. The number of aryl methyl sites for hydroxylation is 1. The van der Waals surface area contributed by atoms with Gasteiger partial charge in [0, 0.05) is 52.6 Å². The van der Waals surface area contributed by atoms with Crippen molar-refractivity contribution in [3.05, 3.63) is 58.9 Å². The van der Waals surface area contributed by atoms with E-state index in [1.165, 1.54) is 0 Å². The van der Waals surface area contributed by atoms with E-state index in [1.807, 2.05) is 60.0 Å². The number of pyridine rings is 2. The molecule has 1 amide bonds. The van der Waals surface area contributed by atoms with Gasteiger partial charge in [0.1, 0.15) is 0 Å². The van der Waals surface area contributed by atoms with Crippen LogP contribution in [-0.4, -0.2) is 45.4 Å². The molecule has 8 heteroatoms. The lowest BCUT2D eigenvalue weighted by molar-refractivity contribution is 0.0773. The van der Waals surface area contributed by atoms with Gasteiger partial charge in [-0.1, -0.05) is 17.7 Å². The lowest BCUT2D eigenvalue weighted by atomic mass is 10.1. The highest BCUT2D eigenvalue weighted by molar-refractivity contribution is 7.99. The Balaban J connectivity index is 0.00000225. The molecule has 1 N–H and O–H groups in total. The maximum absolute atomic E-state index is 13.2. The first-order chi connectivity index (χ1) is 13.1. The van der Waals surface area contributed by atoms with E-state index in [-0.39, 0.29) is 18.3 Å². The molecule has 0 radical (unpaired) electrons. The average molecular weight is 435 g/mol. The number of thioether (sulfide) groups is 1. The molecule has 0 atom stereocenters. The number of hydrogen-bond donors (Lipinski definition) is 1. The smallest absolute Gasteiger partial charge is 0.257 e. The monoisotopic (exact) mass is 434 g/mol. The van der Waals surface area contributed by atoms with Crippen LogP contribution in [0.3, 0.4) is 0 Å². The highest BCUT2D eigenvalue weighted by Gasteiger charge is 2.23. The second-order valence-electron chi connectivity index (χ2n) is 6.41. The van der Waals surface area contributed by atoms with Crippen LogP contribution in [0.5, 0.6) is 0 Å². The van der Waals surface area contributed by atoms with Gasteiger partial charge in [0.15, 0.2) is 5.65 Å². The Bertz CT molecular complexity index is 1010. The number of nitrogens with one attached hydrogen (secondary N) is 1. The Morgan fingerprint density at radius 3 is 2.75 bits per heavy atom. The van der Waals surface area contributed by atoms with Gasteiger partial charge in [-0.05, 0) is 37.3 Å². The van der Waals surface area contributed by atoms with Crippen molar-refractivity contribution in [3.63, 3.8) is 0 Å². The highest BCUT2D eigenvalue weighted by atomic mass is 35.5. The van der Waals surface area contributed by atoms with Gasteiger partial charge in [-0.3, -0.25) is 4.79 Å². The number of aromatic nitrogens is 2. The van der Waals surface area contributed by atoms with Crippen LogP contribution in [0, 0.1) is 6.92 Å². The summed E-state index contributed by atoms with van der Waals surface area (Å²) in [5, 5.41) is 4.83. The summed E-state index contributed by atoms with van der Waals surface area (Å²) in [4.78, 5) is 24.0. The van der Waals surface area contributed by atoms with E-state index in [2.05, 4.69) is 15.3 Å². The predicted molar refractivity (Wildman–Crippen MR) is 119 cm³/mol. The average Bonchev–Trinajstić information content (AvgIpc) is 2.68. The number of anilines is 2. The van der Waals surface area contributed by atoms with Crippen LogP contribution in [0.1, 0.15) is 16.1 Å². The van der Waals surface area contributed by atoms with E-state index in [4.69, 9.17) is 11.6 Å². The first-order valence-corrected chi connectivity index (χ1v) is 10.3. The van der Waals surface area contributed by atoms with Gasteiger partial charge < -0.3 is 10.2 Å². The Morgan fingerprint density at radius 1 is 1.21 bits per heavy atom. The van der Waals surface area contributed by atoms with Crippen molar-refractivity contribution in [3.8, 4) is 0 Å². The molecule has 1 fully saturated rings. The van der Waals surface area contributed by atoms with Gasteiger partial charge >= 0.3 is 0 Å². The molecule has 5 nitrogen and oxygen atoms in total. The highest BCUT2D eigenvalue weighted by Crippen LogP contribution is 2.31. The van der Waals surface area contributed by atoms with Gasteiger partial charge in [0.2, 0.25) is 0 Å². The van der Waals surface area contributed by atoms with E-state index in [0.717, 1.165) is 47.1 Å². The Kier molecular flexibility index (Phi) is 6.65. The van der Waals surface area contributed by atoms with Crippen molar-refractivity contribution in [1.29, 1.82) is 0 Å². The number of amides is 1. The Morgan fingerprint density at radius 2 is 2.00 bits per heavy atom. The molecular weight excluding hydrogens is 415 g/mol. The summed E-state index contributed by atoms with van der Waals surface area (Å²) >= 11 is 8.01. The summed E-state index contributed by atoms with van der Waals surface area (Å²) in [5.41, 5.74) is 3.60. The first-order valence-electron chi connectivity index (χ1n) is 8.78. The van der Waals surface area contributed by atoms with E-state index in [0.29, 0.717) is 16.2 Å². The van der Waals surface area contributed by atoms with Gasteiger partial charge in [-0.2, -0.15) is 11.8 Å². The molecule has 0 unspecified atom stereocenters. The molecule has 0 aliphatic carbocycles. The fraction of sp³-hybridized carbons (Fsp3) is 0.250. The number of halogens is 2. The van der Waals surface area contributed by atoms with E-state index < -0.39 is 0 Å². The number of nitrogens with zero attached hydrogens (tertiary/aromatic N) is 3. The lowest BCUT2D eigenvalue weighted by Gasteiger charge is -2.27. The molecule has 146 valence electrons. The van der Waals surface area contributed by atoms with Crippen LogP contribution in [-0.2, 0) is 0 Å². The quantitative estimate of drug-likeness (QED) is 0.631. The third-order valence-corrected chi connectivity index (χ3v) is 5.67. The lowest BCUT2D eigenvalue weighted by Crippen LogP contribution is -2.38. The zero-order valence-electron chi connectivity index (χ0n) is 15.3. The summed E-state index contributed by atoms with van der Waals surface area (Å²) < 4.78 is 0. The number of rotatable bonds is 3. The maximum Gasteiger partial charge on any atom is 0.257 e. The van der Waals surface area contributed by atoms with Crippen LogP contribution in [0.2, 0.25) is 5.02 Å². The van der Waals surface area contributed by atoms with Crippen LogP contribution in [0.15, 0.2) is 42.6 Å². The molecule has 1 saturated heterocycles. The molecule has 0 saturated carbocycles.